The number of hydrogen-bond acceptors (Lipinski definition) is 2. The molecule has 0 heterocycles. The van der Waals surface area contributed by atoms with Gasteiger partial charge in [0.25, 0.3) is 0 Å². The number of anilines is 6. The van der Waals surface area contributed by atoms with Gasteiger partial charge in [0.2, 0.25) is 0 Å². The number of halogens is 20. The van der Waals surface area contributed by atoms with Gasteiger partial charge in [-0.25, -0.2) is 35.1 Å². The second-order valence-corrected chi connectivity index (χ2v) is 13.7. The van der Waals surface area contributed by atoms with E-state index in [1.54, 1.807) is 0 Å². The fourth-order valence-electron chi connectivity index (χ4n) is 6.72. The maximum Gasteiger partial charge on any atom is 0.422 e. The number of rotatable bonds is 7. The zero-order chi connectivity index (χ0) is 47.8. The quantitative estimate of drug-likeness (QED) is 0.116. The van der Waals surface area contributed by atoms with Crippen LogP contribution in [0.5, 0.6) is 0 Å². The summed E-state index contributed by atoms with van der Waals surface area (Å²) in [5, 5.41) is 0. The SMILES string of the molecule is Cc1cc(N(c2ccc(C(F)(F)F)cc2)c2c(F)c(F)c(C(F)(F)F)c(F)c2F)ccc1-c1ccc(N(c2ccc(C(F)(F)F)cc2)c2c(F)c(F)c(C(F)(F)F)c(F)c2F)cc1C. The van der Waals surface area contributed by atoms with E-state index in [4.69, 9.17) is 0 Å². The van der Waals surface area contributed by atoms with Crippen molar-refractivity contribution >= 4 is 34.1 Å². The minimum atomic E-state index is -5.96. The van der Waals surface area contributed by atoms with E-state index in [9.17, 15) is 70.2 Å². The van der Waals surface area contributed by atoms with Gasteiger partial charge < -0.3 is 9.80 Å². The first kappa shape index (κ1) is 47.0. The summed E-state index contributed by atoms with van der Waals surface area (Å²) in [6, 6.07) is 10.1. The van der Waals surface area contributed by atoms with E-state index in [-0.39, 0.29) is 32.1 Å². The molecule has 0 saturated heterocycles. The van der Waals surface area contributed by atoms with E-state index in [0.717, 1.165) is 36.4 Å². The van der Waals surface area contributed by atoms with Crippen molar-refractivity contribution in [2.24, 2.45) is 0 Å². The fourth-order valence-corrected chi connectivity index (χ4v) is 6.72. The zero-order valence-electron chi connectivity index (χ0n) is 31.5. The van der Waals surface area contributed by atoms with Crippen LogP contribution in [0.4, 0.5) is 122 Å². The Bertz CT molecular complexity index is 2520. The van der Waals surface area contributed by atoms with Crippen LogP contribution in [0.1, 0.15) is 33.4 Å². The second-order valence-electron chi connectivity index (χ2n) is 13.7. The third kappa shape index (κ3) is 8.48. The molecule has 6 aromatic carbocycles. The van der Waals surface area contributed by atoms with Crippen LogP contribution in [0.3, 0.4) is 0 Å². The van der Waals surface area contributed by atoms with Gasteiger partial charge in [0.1, 0.15) is 22.5 Å². The van der Waals surface area contributed by atoms with Gasteiger partial charge in [0.05, 0.1) is 11.1 Å². The van der Waals surface area contributed by atoms with Crippen molar-refractivity contribution in [1.29, 1.82) is 0 Å². The Morgan fingerprint density at radius 3 is 0.781 bits per heavy atom. The molecular weight excluding hydrogens is 912 g/mol. The van der Waals surface area contributed by atoms with Gasteiger partial charge >= 0.3 is 24.7 Å². The Morgan fingerprint density at radius 1 is 0.312 bits per heavy atom. The Kier molecular flexibility index (Phi) is 11.9. The number of hydrogen-bond donors (Lipinski definition) is 0. The van der Waals surface area contributed by atoms with Gasteiger partial charge in [-0.2, -0.15) is 52.7 Å². The van der Waals surface area contributed by atoms with Crippen molar-refractivity contribution in [3.05, 3.63) is 165 Å². The van der Waals surface area contributed by atoms with Gasteiger partial charge in [0.15, 0.2) is 46.5 Å². The molecule has 0 radical (unpaired) electrons. The average molecular weight is 933 g/mol. The monoisotopic (exact) mass is 932 g/mol. The Hall–Kier alpha value is -6.48. The summed E-state index contributed by atoms with van der Waals surface area (Å²) in [7, 11) is 0. The molecule has 0 unspecified atom stereocenters. The summed E-state index contributed by atoms with van der Waals surface area (Å²) in [5.74, 6) is -22.0. The Morgan fingerprint density at radius 2 is 0.562 bits per heavy atom. The predicted molar refractivity (Wildman–Crippen MR) is 190 cm³/mol. The molecule has 0 bridgehead atoms. The number of nitrogens with zero attached hydrogens (tertiary/aromatic N) is 2. The number of alkyl halides is 12. The van der Waals surface area contributed by atoms with Crippen LogP contribution in [-0.4, -0.2) is 0 Å². The van der Waals surface area contributed by atoms with Crippen LogP contribution in [0.15, 0.2) is 84.9 Å². The molecule has 0 amide bonds. The van der Waals surface area contributed by atoms with Crippen LogP contribution < -0.4 is 9.80 Å². The fraction of sp³-hybridized carbons (Fsp3) is 0.143. The van der Waals surface area contributed by atoms with Gasteiger partial charge in [-0.1, -0.05) is 12.1 Å². The van der Waals surface area contributed by atoms with Crippen LogP contribution in [0, 0.1) is 60.4 Å². The Balaban J connectivity index is 1.52. The molecule has 0 aliphatic heterocycles. The van der Waals surface area contributed by atoms with E-state index in [0.29, 0.717) is 48.5 Å². The summed E-state index contributed by atoms with van der Waals surface area (Å²) in [4.78, 5) is 0.550. The Labute approximate surface area is 346 Å². The van der Waals surface area contributed by atoms with Crippen LogP contribution in [0.25, 0.3) is 11.1 Å². The van der Waals surface area contributed by atoms with E-state index < -0.39 is 128 Å². The maximum atomic E-state index is 15.5. The van der Waals surface area contributed by atoms with E-state index in [1.165, 1.54) is 13.8 Å². The van der Waals surface area contributed by atoms with Crippen LogP contribution in [-0.2, 0) is 24.7 Å². The molecule has 0 aliphatic rings. The molecule has 338 valence electrons. The highest BCUT2D eigenvalue weighted by molar-refractivity contribution is 5.84. The van der Waals surface area contributed by atoms with Crippen molar-refractivity contribution in [3.63, 3.8) is 0 Å². The summed E-state index contributed by atoms with van der Waals surface area (Å²) in [5.41, 5.74) is -14.2. The van der Waals surface area contributed by atoms with E-state index >= 15 is 17.6 Å². The standard InChI is InChI=1S/C42H20F20N2/c1-17-15-23(63(21-7-3-19(4-8-21)39(51,52)53)37-33(47)29(43)27(41(57,58)59)30(44)34(37)48)11-13-25(17)26-14-12-24(16-18(26)2)64(22-9-5-20(6-10-22)40(54,55)56)38-35(49)31(45)28(42(60,61)62)32(46)36(38)50/h3-16H,1-2H3. The lowest BCUT2D eigenvalue weighted by Crippen LogP contribution is -2.21. The third-order valence-corrected chi connectivity index (χ3v) is 9.63. The smallest absolute Gasteiger partial charge is 0.305 e. The minimum absolute atomic E-state index is 0.0301. The lowest BCUT2D eigenvalue weighted by Gasteiger charge is -2.29. The third-order valence-electron chi connectivity index (χ3n) is 9.63. The molecule has 0 spiro atoms. The predicted octanol–water partition coefficient (Wildman–Crippen LogP) is 16.1. The molecular formula is C42H20F20N2. The zero-order valence-corrected chi connectivity index (χ0v) is 31.5. The first-order valence-corrected chi connectivity index (χ1v) is 17.5. The van der Waals surface area contributed by atoms with Gasteiger partial charge in [-0.05, 0) is 109 Å². The molecule has 0 N–H and O–H groups in total. The number of benzene rings is 6. The summed E-state index contributed by atoms with van der Waals surface area (Å²) < 4.78 is 283. The average Bonchev–Trinajstić information content (AvgIpc) is 3.18. The summed E-state index contributed by atoms with van der Waals surface area (Å²) in [6.07, 6.45) is -21.9. The lowest BCUT2D eigenvalue weighted by atomic mass is 9.95. The van der Waals surface area contributed by atoms with E-state index in [2.05, 4.69) is 0 Å². The van der Waals surface area contributed by atoms with Crippen molar-refractivity contribution in [2.45, 2.75) is 38.6 Å². The van der Waals surface area contributed by atoms with Crippen molar-refractivity contribution in [1.82, 2.24) is 0 Å². The van der Waals surface area contributed by atoms with Crippen LogP contribution in [0.2, 0.25) is 0 Å². The molecule has 6 rings (SSSR count). The molecule has 0 aromatic heterocycles. The highest BCUT2D eigenvalue weighted by Crippen LogP contribution is 2.48. The van der Waals surface area contributed by atoms with Gasteiger partial charge in [-0.15, -0.1) is 0 Å². The highest BCUT2D eigenvalue weighted by atomic mass is 19.4. The van der Waals surface area contributed by atoms with Gasteiger partial charge in [0, 0.05) is 22.7 Å². The van der Waals surface area contributed by atoms with Gasteiger partial charge in [-0.3, -0.25) is 0 Å². The topological polar surface area (TPSA) is 6.48 Å². The molecule has 0 fully saturated rings. The molecule has 2 nitrogen and oxygen atoms in total. The summed E-state index contributed by atoms with van der Waals surface area (Å²) >= 11 is 0. The van der Waals surface area contributed by atoms with Crippen LogP contribution >= 0.6 is 0 Å². The molecule has 0 saturated carbocycles. The molecule has 6 aromatic rings. The minimum Gasteiger partial charge on any atom is -0.305 e. The first-order valence-electron chi connectivity index (χ1n) is 17.5. The second kappa shape index (κ2) is 16.3. The van der Waals surface area contributed by atoms with Crippen molar-refractivity contribution in [3.8, 4) is 11.1 Å². The van der Waals surface area contributed by atoms with Crippen molar-refractivity contribution < 1.29 is 87.8 Å². The number of aryl methyl sites for hydroxylation is 2. The highest BCUT2D eigenvalue weighted by Gasteiger charge is 2.45. The molecule has 64 heavy (non-hydrogen) atoms. The molecule has 0 atom stereocenters. The maximum absolute atomic E-state index is 15.5. The van der Waals surface area contributed by atoms with E-state index in [1.807, 2.05) is 0 Å². The largest absolute Gasteiger partial charge is 0.422 e. The lowest BCUT2D eigenvalue weighted by molar-refractivity contribution is -0.144. The summed E-state index contributed by atoms with van der Waals surface area (Å²) in [6.45, 7) is 2.57. The molecule has 22 heteroatoms. The van der Waals surface area contributed by atoms with Crippen molar-refractivity contribution in [2.75, 3.05) is 9.80 Å². The normalized spacial score (nSPS) is 12.5. The first-order chi connectivity index (χ1) is 29.5. The molecule has 0 aliphatic carbocycles.